The van der Waals surface area contributed by atoms with E-state index >= 15 is 0 Å². The molecule has 0 atom stereocenters. The van der Waals surface area contributed by atoms with Gasteiger partial charge in [-0.05, 0) is 17.7 Å². The second-order valence-electron chi connectivity index (χ2n) is 2.53. The quantitative estimate of drug-likeness (QED) is 0.659. The molecule has 1 aromatic carbocycles. The summed E-state index contributed by atoms with van der Waals surface area (Å²) < 4.78 is 0. The van der Waals surface area contributed by atoms with Gasteiger partial charge in [0.25, 0.3) is 0 Å². The van der Waals surface area contributed by atoms with E-state index in [0.717, 1.165) is 11.6 Å². The third-order valence-electron chi connectivity index (χ3n) is 1.69. The second-order valence-corrected chi connectivity index (χ2v) is 2.53. The van der Waals surface area contributed by atoms with Gasteiger partial charge in [-0.15, -0.1) is 0 Å². The number of benzene rings is 1. The van der Waals surface area contributed by atoms with Crippen LogP contribution in [0.25, 0.3) is 0 Å². The third kappa shape index (κ3) is 1.37. The minimum atomic E-state index is 1.04. The van der Waals surface area contributed by atoms with Gasteiger partial charge >= 0.3 is 0 Å². The standard InChI is InChI=1S/C10H9N2/c1-2-5-9(6-3-1)10-7-4-8-11-12-10/h1-8,12H. The van der Waals surface area contributed by atoms with Crippen LogP contribution in [0.15, 0.2) is 47.6 Å². The topological polar surface area (TPSA) is 24.4 Å². The molecule has 1 aliphatic rings. The molecule has 0 fully saturated rings. The Morgan fingerprint density at radius 1 is 1.08 bits per heavy atom. The maximum Gasteiger partial charge on any atom is 0.130 e. The lowest BCUT2D eigenvalue weighted by Gasteiger charge is -2.12. The fourth-order valence-electron chi connectivity index (χ4n) is 1.10. The molecule has 0 spiro atoms. The average molecular weight is 157 g/mol. The maximum absolute atomic E-state index is 3.94. The molecule has 1 N–H and O–H groups in total. The molecule has 1 aliphatic heterocycles. The van der Waals surface area contributed by atoms with Crippen LogP contribution < -0.4 is 5.43 Å². The molecule has 0 bridgehead atoms. The van der Waals surface area contributed by atoms with E-state index < -0.39 is 0 Å². The number of hydrazone groups is 1. The Bertz CT molecular complexity index is 301. The Morgan fingerprint density at radius 3 is 2.58 bits per heavy atom. The van der Waals surface area contributed by atoms with Crippen LogP contribution in [0.5, 0.6) is 0 Å². The lowest BCUT2D eigenvalue weighted by atomic mass is 10.1. The largest absolute Gasteiger partial charge is 0.292 e. The maximum atomic E-state index is 3.94. The Labute approximate surface area is 71.6 Å². The van der Waals surface area contributed by atoms with E-state index in [4.69, 9.17) is 0 Å². The Morgan fingerprint density at radius 2 is 1.92 bits per heavy atom. The molecule has 2 heteroatoms. The van der Waals surface area contributed by atoms with Crippen LogP contribution in [0.3, 0.4) is 0 Å². The van der Waals surface area contributed by atoms with E-state index in [9.17, 15) is 0 Å². The van der Waals surface area contributed by atoms with E-state index in [1.54, 1.807) is 6.21 Å². The summed E-state index contributed by atoms with van der Waals surface area (Å²) in [5.41, 5.74) is 4.09. The minimum absolute atomic E-state index is 1.04. The highest BCUT2D eigenvalue weighted by Crippen LogP contribution is 2.13. The van der Waals surface area contributed by atoms with Gasteiger partial charge in [-0.25, -0.2) is 0 Å². The van der Waals surface area contributed by atoms with Gasteiger partial charge in [-0.3, -0.25) is 5.43 Å². The van der Waals surface area contributed by atoms with Gasteiger partial charge in [-0.2, -0.15) is 5.10 Å². The van der Waals surface area contributed by atoms with Crippen LogP contribution in [-0.4, -0.2) is 6.21 Å². The van der Waals surface area contributed by atoms with Crippen molar-refractivity contribution in [2.45, 2.75) is 0 Å². The van der Waals surface area contributed by atoms with Crippen molar-refractivity contribution in [2.24, 2.45) is 5.10 Å². The van der Waals surface area contributed by atoms with Crippen LogP contribution in [-0.2, 0) is 0 Å². The molecular formula is C10H9N2. The van der Waals surface area contributed by atoms with Gasteiger partial charge in [0.1, 0.15) is 6.04 Å². The van der Waals surface area contributed by atoms with Crippen molar-refractivity contribution in [1.29, 1.82) is 0 Å². The van der Waals surface area contributed by atoms with Crippen LogP contribution in [0.1, 0.15) is 5.56 Å². The van der Waals surface area contributed by atoms with Gasteiger partial charge in [0, 0.05) is 6.21 Å². The fraction of sp³-hybridized carbons (Fsp3) is 0. The van der Waals surface area contributed by atoms with Crippen molar-refractivity contribution in [3.05, 3.63) is 54.1 Å². The van der Waals surface area contributed by atoms with Gasteiger partial charge < -0.3 is 0 Å². The first-order chi connectivity index (χ1) is 5.97. The van der Waals surface area contributed by atoms with Crippen LogP contribution in [0.2, 0.25) is 0 Å². The van der Waals surface area contributed by atoms with E-state index in [2.05, 4.69) is 10.5 Å². The van der Waals surface area contributed by atoms with Gasteiger partial charge in [-0.1, -0.05) is 30.3 Å². The number of rotatable bonds is 1. The molecule has 0 saturated heterocycles. The van der Waals surface area contributed by atoms with Crippen molar-refractivity contribution < 1.29 is 0 Å². The Hall–Kier alpha value is -1.57. The van der Waals surface area contributed by atoms with Crippen LogP contribution in [0, 0.1) is 6.04 Å². The van der Waals surface area contributed by atoms with E-state index in [0.29, 0.717) is 0 Å². The number of hydrogen-bond donors (Lipinski definition) is 1. The molecule has 2 rings (SSSR count). The number of hydrogen-bond acceptors (Lipinski definition) is 2. The van der Waals surface area contributed by atoms with Crippen molar-refractivity contribution in [2.75, 3.05) is 0 Å². The summed E-state index contributed by atoms with van der Waals surface area (Å²) in [5.74, 6) is 0. The number of allylic oxidation sites excluding steroid dienone is 1. The first-order valence-electron chi connectivity index (χ1n) is 3.85. The zero-order valence-electron chi connectivity index (χ0n) is 6.57. The van der Waals surface area contributed by atoms with Crippen molar-refractivity contribution >= 4 is 6.21 Å². The summed E-state index contributed by atoms with van der Waals surface area (Å²) in [6.07, 6.45) is 5.65. The summed E-state index contributed by atoms with van der Waals surface area (Å²) in [5, 5.41) is 3.94. The van der Waals surface area contributed by atoms with Crippen molar-refractivity contribution in [3.63, 3.8) is 0 Å². The zero-order chi connectivity index (χ0) is 8.23. The van der Waals surface area contributed by atoms with Gasteiger partial charge in [0.2, 0.25) is 0 Å². The lowest BCUT2D eigenvalue weighted by molar-refractivity contribution is 0.825. The molecule has 1 aromatic rings. The highest BCUT2D eigenvalue weighted by Gasteiger charge is 2.07. The normalized spacial score (nSPS) is 16.0. The molecule has 0 saturated carbocycles. The first kappa shape index (κ1) is 7.10. The van der Waals surface area contributed by atoms with Crippen LogP contribution in [0.4, 0.5) is 0 Å². The molecular weight excluding hydrogens is 148 g/mol. The Balaban J connectivity index is 2.21. The van der Waals surface area contributed by atoms with Crippen LogP contribution >= 0.6 is 0 Å². The highest BCUT2D eigenvalue weighted by molar-refractivity contribution is 5.73. The summed E-state index contributed by atoms with van der Waals surface area (Å²) in [6.45, 7) is 0. The molecule has 0 aromatic heterocycles. The van der Waals surface area contributed by atoms with Crippen molar-refractivity contribution in [1.82, 2.24) is 5.43 Å². The minimum Gasteiger partial charge on any atom is -0.292 e. The Kier molecular flexibility index (Phi) is 1.90. The summed E-state index contributed by atoms with van der Waals surface area (Å²) in [6, 6.07) is 11.2. The molecule has 59 valence electrons. The van der Waals surface area contributed by atoms with Gasteiger partial charge in [0.05, 0.1) is 0 Å². The van der Waals surface area contributed by atoms with Gasteiger partial charge in [0.15, 0.2) is 0 Å². The summed E-state index contributed by atoms with van der Waals surface area (Å²) >= 11 is 0. The van der Waals surface area contributed by atoms with Crippen molar-refractivity contribution in [3.8, 4) is 0 Å². The fourth-order valence-corrected chi connectivity index (χ4v) is 1.10. The predicted molar refractivity (Wildman–Crippen MR) is 49.6 cm³/mol. The zero-order valence-corrected chi connectivity index (χ0v) is 6.57. The van der Waals surface area contributed by atoms with E-state index in [1.165, 1.54) is 0 Å². The molecule has 1 radical (unpaired) electrons. The summed E-state index contributed by atoms with van der Waals surface area (Å²) in [4.78, 5) is 0. The first-order valence-corrected chi connectivity index (χ1v) is 3.85. The summed E-state index contributed by atoms with van der Waals surface area (Å²) in [7, 11) is 0. The lowest BCUT2D eigenvalue weighted by Crippen LogP contribution is -2.16. The molecule has 12 heavy (non-hydrogen) atoms. The van der Waals surface area contributed by atoms with E-state index in [-0.39, 0.29) is 0 Å². The third-order valence-corrected chi connectivity index (χ3v) is 1.69. The monoisotopic (exact) mass is 157 g/mol. The predicted octanol–water partition coefficient (Wildman–Crippen LogP) is 1.71. The SMILES string of the molecule is C1=C[C](c2ccccc2)NN=C1. The number of nitrogens with one attached hydrogen (secondary N) is 1. The smallest absolute Gasteiger partial charge is 0.130 e. The number of nitrogens with zero attached hydrogens (tertiary/aromatic N) is 1. The molecule has 0 aliphatic carbocycles. The second kappa shape index (κ2) is 3.22. The molecule has 0 unspecified atom stereocenters. The highest BCUT2D eigenvalue weighted by atomic mass is 15.3. The van der Waals surface area contributed by atoms with E-state index in [1.807, 2.05) is 42.5 Å². The average Bonchev–Trinajstić information content (AvgIpc) is 2.21. The molecule has 0 amide bonds. The molecule has 1 heterocycles. The molecule has 2 nitrogen and oxygen atoms in total.